The number of carbonyl (C=O) groups is 1. The van der Waals surface area contributed by atoms with Crippen LogP contribution in [0.4, 0.5) is 5.69 Å². The number of hydrazone groups is 1. The Labute approximate surface area is 190 Å². The van der Waals surface area contributed by atoms with Gasteiger partial charge in [-0.3, -0.25) is 10.2 Å². The Morgan fingerprint density at radius 3 is 2.19 bits per heavy atom. The lowest BCUT2D eigenvalue weighted by Gasteiger charge is -2.37. The van der Waals surface area contributed by atoms with E-state index in [0.717, 1.165) is 22.5 Å². The first-order chi connectivity index (χ1) is 15.5. The van der Waals surface area contributed by atoms with Crippen LogP contribution in [0.3, 0.4) is 0 Å². The highest BCUT2D eigenvalue weighted by molar-refractivity contribution is 6.02. The summed E-state index contributed by atoms with van der Waals surface area (Å²) in [5.74, 6) is 0.0472. The van der Waals surface area contributed by atoms with Gasteiger partial charge in [0.1, 0.15) is 5.78 Å². The number of anilines is 1. The predicted molar refractivity (Wildman–Crippen MR) is 130 cm³/mol. The third-order valence-electron chi connectivity index (χ3n) is 5.99. The second-order valence-electron chi connectivity index (χ2n) is 8.94. The van der Waals surface area contributed by atoms with Gasteiger partial charge >= 0.3 is 0 Å². The number of Topliss-reactive ketones (excluding diaryl/α,β-unsaturated/α-hetero) is 1. The molecule has 164 valence electrons. The van der Waals surface area contributed by atoms with Crippen molar-refractivity contribution in [1.82, 2.24) is 0 Å². The molecule has 0 unspecified atom stereocenters. The second kappa shape index (κ2) is 9.92. The van der Waals surface area contributed by atoms with Gasteiger partial charge in [0.15, 0.2) is 0 Å². The summed E-state index contributed by atoms with van der Waals surface area (Å²) in [6.07, 6.45) is 1.06. The van der Waals surface area contributed by atoms with Crippen molar-refractivity contribution in [2.45, 2.75) is 38.2 Å². The highest BCUT2D eigenvalue weighted by atomic mass is 16.5. The summed E-state index contributed by atoms with van der Waals surface area (Å²) >= 11 is 0. The lowest BCUT2D eigenvalue weighted by atomic mass is 9.76. The molecule has 2 atom stereocenters. The summed E-state index contributed by atoms with van der Waals surface area (Å²) in [5.41, 5.74) is 6.82. The Morgan fingerprint density at radius 2 is 1.56 bits per heavy atom. The lowest BCUT2D eigenvalue weighted by Crippen LogP contribution is -2.42. The molecule has 0 radical (unpaired) electrons. The number of ketones is 1. The zero-order valence-electron chi connectivity index (χ0n) is 18.7. The molecule has 3 aromatic rings. The zero-order valence-corrected chi connectivity index (χ0v) is 18.7. The lowest BCUT2D eigenvalue weighted by molar-refractivity contribution is -0.145. The molecule has 1 heterocycles. The van der Waals surface area contributed by atoms with Gasteiger partial charge in [0.2, 0.25) is 0 Å². The van der Waals surface area contributed by atoms with Crippen LogP contribution in [-0.2, 0) is 9.53 Å². The van der Waals surface area contributed by atoms with Crippen LogP contribution in [0.2, 0.25) is 0 Å². The molecule has 4 rings (SSSR count). The normalized spacial score (nSPS) is 19.4. The monoisotopic (exact) mass is 426 g/mol. The van der Waals surface area contributed by atoms with E-state index in [1.807, 2.05) is 80.6 Å². The van der Waals surface area contributed by atoms with Crippen LogP contribution in [0.25, 0.3) is 0 Å². The standard InChI is InChI=1S/C28H30N2O2/c1-28(2)19-27(31)25(20-32-28)24(21-12-6-3-7-13-21)18-26(22-14-8-4-9-15-22)30-29-23-16-10-5-11-17-23/h3-17,24-25,29H,18-20H2,1-2H3/b30-26+/t24-,25-/m0/s1. The average Bonchev–Trinajstić information content (AvgIpc) is 2.81. The molecule has 1 saturated heterocycles. The molecule has 0 saturated carbocycles. The van der Waals surface area contributed by atoms with E-state index in [1.54, 1.807) is 0 Å². The number of nitrogens with zero attached hydrogens (tertiary/aromatic N) is 1. The van der Waals surface area contributed by atoms with Crippen LogP contribution < -0.4 is 5.43 Å². The van der Waals surface area contributed by atoms with Gasteiger partial charge in [-0.25, -0.2) is 0 Å². The summed E-state index contributed by atoms with van der Waals surface area (Å²) in [6, 6.07) is 30.3. The van der Waals surface area contributed by atoms with Crippen molar-refractivity contribution < 1.29 is 9.53 Å². The number of para-hydroxylation sites is 1. The van der Waals surface area contributed by atoms with E-state index < -0.39 is 5.60 Å². The molecule has 1 fully saturated rings. The van der Waals surface area contributed by atoms with Crippen LogP contribution in [0.15, 0.2) is 96.1 Å². The first-order valence-electron chi connectivity index (χ1n) is 11.2. The molecule has 32 heavy (non-hydrogen) atoms. The summed E-state index contributed by atoms with van der Waals surface area (Å²) in [4.78, 5) is 13.2. The van der Waals surface area contributed by atoms with E-state index >= 15 is 0 Å². The topological polar surface area (TPSA) is 50.7 Å². The highest BCUT2D eigenvalue weighted by Gasteiger charge is 2.39. The zero-order chi connectivity index (χ0) is 22.4. The number of benzene rings is 3. The maximum atomic E-state index is 13.2. The second-order valence-corrected chi connectivity index (χ2v) is 8.94. The Morgan fingerprint density at radius 1 is 0.969 bits per heavy atom. The van der Waals surface area contributed by atoms with Crippen LogP contribution in [0.5, 0.6) is 0 Å². The quantitative estimate of drug-likeness (QED) is 0.369. The fourth-order valence-electron chi connectivity index (χ4n) is 4.25. The minimum Gasteiger partial charge on any atom is -0.374 e. The van der Waals surface area contributed by atoms with E-state index in [2.05, 4.69) is 29.7 Å². The van der Waals surface area contributed by atoms with E-state index in [0.29, 0.717) is 19.4 Å². The Kier molecular flexibility index (Phi) is 6.81. The highest BCUT2D eigenvalue weighted by Crippen LogP contribution is 2.37. The molecule has 3 aromatic carbocycles. The smallest absolute Gasteiger partial charge is 0.141 e. The van der Waals surface area contributed by atoms with E-state index in [-0.39, 0.29) is 17.6 Å². The molecule has 0 amide bonds. The largest absolute Gasteiger partial charge is 0.374 e. The number of carbonyl (C=O) groups excluding carboxylic acids is 1. The molecule has 0 bridgehead atoms. The van der Waals surface area contributed by atoms with Gasteiger partial charge in [0.25, 0.3) is 0 Å². The summed E-state index contributed by atoms with van der Waals surface area (Å²) in [5, 5.41) is 4.79. The van der Waals surface area contributed by atoms with Gasteiger partial charge in [-0.2, -0.15) is 5.10 Å². The molecular formula is C28H30N2O2. The summed E-state index contributed by atoms with van der Waals surface area (Å²) in [6.45, 7) is 4.40. The van der Waals surface area contributed by atoms with Crippen LogP contribution in [0.1, 0.15) is 43.7 Å². The Balaban J connectivity index is 1.68. The third-order valence-corrected chi connectivity index (χ3v) is 5.99. The fraction of sp³-hybridized carbons (Fsp3) is 0.286. The number of hydrogen-bond donors (Lipinski definition) is 1. The fourth-order valence-corrected chi connectivity index (χ4v) is 4.25. The summed E-state index contributed by atoms with van der Waals surface area (Å²) in [7, 11) is 0. The van der Waals surface area contributed by atoms with E-state index in [4.69, 9.17) is 9.84 Å². The molecule has 0 spiro atoms. The van der Waals surface area contributed by atoms with Crippen molar-refractivity contribution in [2.24, 2.45) is 11.0 Å². The summed E-state index contributed by atoms with van der Waals surface area (Å²) < 4.78 is 6.09. The molecule has 1 aliphatic heterocycles. The molecule has 4 heteroatoms. The Hall–Kier alpha value is -3.24. The van der Waals surface area contributed by atoms with Crippen molar-refractivity contribution in [2.75, 3.05) is 12.0 Å². The SMILES string of the molecule is CC1(C)CC(=O)[C@H]([C@@H](C/C(=N\Nc2ccccc2)c2ccccc2)c2ccccc2)CO1. The van der Waals surface area contributed by atoms with Gasteiger partial charge in [-0.15, -0.1) is 0 Å². The number of nitrogens with one attached hydrogen (secondary N) is 1. The third kappa shape index (κ3) is 5.51. The number of hydrogen-bond acceptors (Lipinski definition) is 4. The maximum Gasteiger partial charge on any atom is 0.141 e. The Bertz CT molecular complexity index is 1050. The van der Waals surface area contributed by atoms with Gasteiger partial charge in [0.05, 0.1) is 23.6 Å². The van der Waals surface area contributed by atoms with Crippen molar-refractivity contribution in [1.29, 1.82) is 0 Å². The number of ether oxygens (including phenoxy) is 1. The average molecular weight is 427 g/mol. The molecule has 0 aromatic heterocycles. The van der Waals surface area contributed by atoms with Crippen molar-refractivity contribution in [3.8, 4) is 0 Å². The minimum absolute atomic E-state index is 0.0173. The molecule has 0 aliphatic carbocycles. The van der Waals surface area contributed by atoms with E-state index in [9.17, 15) is 4.79 Å². The predicted octanol–water partition coefficient (Wildman–Crippen LogP) is 6.06. The molecular weight excluding hydrogens is 396 g/mol. The van der Waals surface area contributed by atoms with Crippen molar-refractivity contribution >= 4 is 17.2 Å². The molecule has 1 N–H and O–H groups in total. The minimum atomic E-state index is -0.403. The van der Waals surface area contributed by atoms with Crippen LogP contribution >= 0.6 is 0 Å². The van der Waals surface area contributed by atoms with Crippen LogP contribution in [-0.4, -0.2) is 23.7 Å². The molecule has 1 aliphatic rings. The number of rotatable bonds is 7. The van der Waals surface area contributed by atoms with Gasteiger partial charge in [-0.05, 0) is 43.5 Å². The van der Waals surface area contributed by atoms with Crippen molar-refractivity contribution in [3.63, 3.8) is 0 Å². The van der Waals surface area contributed by atoms with Gasteiger partial charge < -0.3 is 4.74 Å². The first-order valence-corrected chi connectivity index (χ1v) is 11.2. The van der Waals surface area contributed by atoms with Gasteiger partial charge in [0, 0.05) is 18.3 Å². The molecule has 4 nitrogen and oxygen atoms in total. The maximum absolute atomic E-state index is 13.2. The van der Waals surface area contributed by atoms with Crippen LogP contribution in [0, 0.1) is 5.92 Å². The van der Waals surface area contributed by atoms with Gasteiger partial charge in [-0.1, -0.05) is 78.9 Å². The van der Waals surface area contributed by atoms with E-state index in [1.165, 1.54) is 0 Å². The van der Waals surface area contributed by atoms with Crippen molar-refractivity contribution in [3.05, 3.63) is 102 Å². The first kappa shape index (κ1) is 22.0.